The van der Waals surface area contributed by atoms with Gasteiger partial charge in [0.2, 0.25) is 5.95 Å². The van der Waals surface area contributed by atoms with E-state index in [1.165, 1.54) is 31.2 Å². The Balaban J connectivity index is 0.00000216. The Labute approximate surface area is 184 Å². The normalized spacial score (nSPS) is 25.9. The molecule has 3 aromatic rings. The summed E-state index contributed by atoms with van der Waals surface area (Å²) in [4.78, 5) is 11.9. The smallest absolute Gasteiger partial charge is 0.229 e. The number of nitrogens with one attached hydrogen (secondary N) is 1. The van der Waals surface area contributed by atoms with Crippen LogP contribution in [0, 0.1) is 11.8 Å². The highest BCUT2D eigenvalue weighted by molar-refractivity contribution is 5.75. The molecule has 3 heterocycles. The summed E-state index contributed by atoms with van der Waals surface area (Å²) >= 11 is 0. The van der Waals surface area contributed by atoms with Crippen molar-refractivity contribution in [2.24, 2.45) is 11.8 Å². The van der Waals surface area contributed by atoms with Gasteiger partial charge >= 0.3 is 0 Å². The molecule has 2 fully saturated rings. The van der Waals surface area contributed by atoms with Crippen molar-refractivity contribution in [3.8, 4) is 0 Å². The highest BCUT2D eigenvalue weighted by atomic mass is 15.3. The van der Waals surface area contributed by atoms with E-state index < -0.39 is 0 Å². The molecule has 31 heavy (non-hydrogen) atoms. The zero-order valence-corrected chi connectivity index (χ0v) is 18.0. The van der Waals surface area contributed by atoms with Gasteiger partial charge in [-0.25, -0.2) is 9.67 Å². The number of rotatable bonds is 5. The van der Waals surface area contributed by atoms with Gasteiger partial charge in [0.05, 0.1) is 17.6 Å². The van der Waals surface area contributed by atoms with Crippen molar-refractivity contribution in [1.29, 1.82) is 0 Å². The monoisotopic (exact) mass is 416 g/mol. The molecule has 0 spiro atoms. The predicted molar refractivity (Wildman–Crippen MR) is 125 cm³/mol. The predicted octanol–water partition coefficient (Wildman–Crippen LogP) is 5.33. The van der Waals surface area contributed by atoms with E-state index in [1.807, 2.05) is 12.4 Å². The molecular formula is C25H32N6. The van der Waals surface area contributed by atoms with Crippen LogP contribution in [0.25, 0.3) is 11.0 Å². The molecule has 0 saturated heterocycles. The minimum Gasteiger partial charge on any atom is -0.324 e. The number of benzene rings is 1. The molecule has 2 unspecified atom stereocenters. The lowest BCUT2D eigenvalue weighted by molar-refractivity contribution is 0.281. The second-order valence-electron chi connectivity index (χ2n) is 9.45. The first-order chi connectivity index (χ1) is 15.3. The maximum absolute atomic E-state index is 4.85. The zero-order valence-electron chi connectivity index (χ0n) is 18.0. The fourth-order valence-electron chi connectivity index (χ4n) is 5.75. The maximum Gasteiger partial charge on any atom is 0.229 e. The molecule has 1 aliphatic heterocycles. The Morgan fingerprint density at radius 2 is 1.84 bits per heavy atom. The first-order valence-corrected chi connectivity index (χ1v) is 11.8. The molecular weight excluding hydrogens is 384 g/mol. The lowest BCUT2D eigenvalue weighted by Crippen LogP contribution is -2.24. The molecule has 6 nitrogen and oxygen atoms in total. The third-order valence-corrected chi connectivity index (χ3v) is 7.36. The number of aromatic nitrogens is 4. The Hall–Kier alpha value is -2.73. The summed E-state index contributed by atoms with van der Waals surface area (Å²) in [6.07, 6.45) is 16.1. The van der Waals surface area contributed by atoms with Crippen molar-refractivity contribution in [3.05, 3.63) is 54.4 Å². The van der Waals surface area contributed by atoms with Gasteiger partial charge in [0.25, 0.3) is 0 Å². The maximum atomic E-state index is 4.85. The highest BCUT2D eigenvalue weighted by Crippen LogP contribution is 2.50. The van der Waals surface area contributed by atoms with Crippen LogP contribution in [0.5, 0.6) is 0 Å². The van der Waals surface area contributed by atoms with Gasteiger partial charge < -0.3 is 5.32 Å². The van der Waals surface area contributed by atoms with Gasteiger partial charge in [0.1, 0.15) is 0 Å². The first-order valence-electron chi connectivity index (χ1n) is 11.8. The van der Waals surface area contributed by atoms with E-state index in [0.717, 1.165) is 61.0 Å². The summed E-state index contributed by atoms with van der Waals surface area (Å²) in [7, 11) is 0. The largest absolute Gasteiger partial charge is 0.324 e. The molecule has 6 heteroatoms. The molecule has 0 amide bonds. The standard InChI is InChI=1S/C25H30N6.H2/c1-2-4-12-30(11-3-1)17-18-6-9-22(10-7-18)28-25-26-15-21-16-27-31(24(21)29-25)23-14-19-5-8-20(23)13-19;/h1-2,6-7,9-10,15-16,19-20,23H,3-5,8,11-14,17H2,(H,26,28,29);1H/t19-,20?,23?;/m1./s1. The van der Waals surface area contributed by atoms with Crippen LogP contribution in [-0.4, -0.2) is 37.7 Å². The minimum atomic E-state index is 0. The van der Waals surface area contributed by atoms with Crippen molar-refractivity contribution >= 4 is 22.7 Å². The molecule has 1 aromatic carbocycles. The van der Waals surface area contributed by atoms with E-state index in [-0.39, 0.29) is 1.43 Å². The van der Waals surface area contributed by atoms with E-state index in [9.17, 15) is 0 Å². The summed E-state index contributed by atoms with van der Waals surface area (Å²) in [5.74, 6) is 2.30. The minimum absolute atomic E-state index is 0. The van der Waals surface area contributed by atoms with Gasteiger partial charge in [0, 0.05) is 32.9 Å². The van der Waals surface area contributed by atoms with Crippen molar-refractivity contribution in [2.45, 2.75) is 51.1 Å². The van der Waals surface area contributed by atoms with Crippen molar-refractivity contribution in [2.75, 3.05) is 18.4 Å². The lowest BCUT2D eigenvalue weighted by atomic mass is 9.95. The molecule has 3 aliphatic rings. The van der Waals surface area contributed by atoms with Gasteiger partial charge in [-0.3, -0.25) is 4.90 Å². The summed E-state index contributed by atoms with van der Waals surface area (Å²) < 4.78 is 2.17. The number of fused-ring (bicyclic) bond motifs is 3. The van der Waals surface area contributed by atoms with Crippen molar-refractivity contribution < 1.29 is 1.43 Å². The summed E-state index contributed by atoms with van der Waals surface area (Å²) in [5.41, 5.74) is 3.33. The molecule has 1 N–H and O–H groups in total. The van der Waals surface area contributed by atoms with Gasteiger partial charge in [0.15, 0.2) is 5.65 Å². The molecule has 162 valence electrons. The molecule has 2 bridgehead atoms. The quantitative estimate of drug-likeness (QED) is 0.570. The van der Waals surface area contributed by atoms with E-state index in [0.29, 0.717) is 12.0 Å². The Bertz CT molecular complexity index is 1080. The van der Waals surface area contributed by atoms with Crippen LogP contribution in [0.1, 0.15) is 51.6 Å². The average Bonchev–Trinajstić information content (AvgIpc) is 3.47. The van der Waals surface area contributed by atoms with Crippen LogP contribution >= 0.6 is 0 Å². The fraction of sp³-hybridized carbons (Fsp3) is 0.480. The van der Waals surface area contributed by atoms with E-state index in [1.54, 1.807) is 0 Å². The molecule has 3 atom stereocenters. The Morgan fingerprint density at radius 3 is 2.58 bits per heavy atom. The van der Waals surface area contributed by atoms with E-state index >= 15 is 0 Å². The van der Waals surface area contributed by atoms with E-state index in [2.05, 4.69) is 56.3 Å². The highest BCUT2D eigenvalue weighted by Gasteiger charge is 2.41. The van der Waals surface area contributed by atoms with Gasteiger partial charge in [-0.05, 0) is 61.6 Å². The van der Waals surface area contributed by atoms with Gasteiger partial charge in [-0.2, -0.15) is 10.1 Å². The molecule has 2 saturated carbocycles. The Kier molecular flexibility index (Phi) is 4.95. The van der Waals surface area contributed by atoms with Crippen LogP contribution in [0.3, 0.4) is 0 Å². The summed E-state index contributed by atoms with van der Waals surface area (Å²) in [5, 5.41) is 9.11. The SMILES string of the molecule is C1=CCCN(Cc2ccc(Nc3ncc4cnn(C5C[C@@H]6CCC5C6)c4n3)cc2)CC1.[HH]. The summed E-state index contributed by atoms with van der Waals surface area (Å²) in [6, 6.07) is 9.18. The number of anilines is 2. The third-order valence-electron chi connectivity index (χ3n) is 7.36. The van der Waals surface area contributed by atoms with Gasteiger partial charge in [-0.1, -0.05) is 30.7 Å². The Morgan fingerprint density at radius 1 is 1.00 bits per heavy atom. The van der Waals surface area contributed by atoms with Crippen LogP contribution in [0.15, 0.2) is 48.8 Å². The topological polar surface area (TPSA) is 58.9 Å². The van der Waals surface area contributed by atoms with E-state index in [4.69, 9.17) is 10.1 Å². The second kappa shape index (κ2) is 8.08. The lowest BCUT2D eigenvalue weighted by Gasteiger charge is -2.22. The number of hydrogen-bond donors (Lipinski definition) is 1. The van der Waals surface area contributed by atoms with Crippen molar-refractivity contribution in [3.63, 3.8) is 0 Å². The van der Waals surface area contributed by atoms with Crippen molar-refractivity contribution in [1.82, 2.24) is 24.6 Å². The first kappa shape index (κ1) is 19.0. The molecule has 2 aliphatic carbocycles. The fourth-order valence-corrected chi connectivity index (χ4v) is 5.75. The third kappa shape index (κ3) is 3.85. The molecule has 6 rings (SSSR count). The average molecular weight is 417 g/mol. The zero-order chi connectivity index (χ0) is 20.6. The van der Waals surface area contributed by atoms with Gasteiger partial charge in [-0.15, -0.1) is 0 Å². The van der Waals surface area contributed by atoms with Crippen LogP contribution < -0.4 is 5.32 Å². The van der Waals surface area contributed by atoms with Crippen LogP contribution in [0.4, 0.5) is 11.6 Å². The molecule has 2 aromatic heterocycles. The molecule has 0 radical (unpaired) electrons. The summed E-state index contributed by atoms with van der Waals surface area (Å²) in [6.45, 7) is 3.29. The number of hydrogen-bond acceptors (Lipinski definition) is 5. The van der Waals surface area contributed by atoms with Crippen LogP contribution in [0.2, 0.25) is 0 Å². The second-order valence-corrected chi connectivity index (χ2v) is 9.45. The van der Waals surface area contributed by atoms with Crippen LogP contribution in [-0.2, 0) is 6.54 Å². The number of nitrogens with zero attached hydrogens (tertiary/aromatic N) is 5.